The van der Waals surface area contributed by atoms with E-state index in [2.05, 4.69) is 10.3 Å². The number of aromatic nitrogens is 1. The predicted octanol–water partition coefficient (Wildman–Crippen LogP) is 3.56. The summed E-state index contributed by atoms with van der Waals surface area (Å²) in [6.07, 6.45) is 1.51. The van der Waals surface area contributed by atoms with E-state index in [1.807, 2.05) is 25.1 Å². The molecule has 25 heavy (non-hydrogen) atoms. The summed E-state index contributed by atoms with van der Waals surface area (Å²) in [5, 5.41) is 14.1. The highest BCUT2D eigenvalue weighted by atomic mass is 16.3. The molecule has 1 amide bonds. The minimum atomic E-state index is -0.197. The highest BCUT2D eigenvalue weighted by Crippen LogP contribution is 2.29. The topological polar surface area (TPSA) is 79.3 Å². The number of aromatic hydroxyl groups is 1. The Kier molecular flexibility index (Phi) is 4.75. The second-order valence-electron chi connectivity index (χ2n) is 5.72. The Morgan fingerprint density at radius 3 is 2.80 bits per heavy atom. The number of nitrogens with zero attached hydrogens (tertiary/aromatic N) is 1. The number of hydrogen-bond acceptors (Lipinski definition) is 4. The first-order valence-electron chi connectivity index (χ1n) is 8.10. The highest BCUT2D eigenvalue weighted by Gasteiger charge is 2.10. The van der Waals surface area contributed by atoms with E-state index in [0.717, 1.165) is 17.4 Å². The van der Waals surface area contributed by atoms with Crippen molar-refractivity contribution in [2.45, 2.75) is 13.3 Å². The van der Waals surface area contributed by atoms with Gasteiger partial charge in [-0.2, -0.15) is 0 Å². The summed E-state index contributed by atoms with van der Waals surface area (Å²) in [6, 6.07) is 14.0. The van der Waals surface area contributed by atoms with Crippen molar-refractivity contribution in [1.82, 2.24) is 10.3 Å². The van der Waals surface area contributed by atoms with E-state index in [1.165, 1.54) is 6.07 Å². The van der Waals surface area contributed by atoms with Gasteiger partial charge in [0.25, 0.3) is 5.91 Å². The lowest BCUT2D eigenvalue weighted by Crippen LogP contribution is -2.24. The minimum Gasteiger partial charge on any atom is -0.507 e. The van der Waals surface area contributed by atoms with Gasteiger partial charge in [-0.25, -0.2) is 4.98 Å². The molecule has 0 aliphatic heterocycles. The molecule has 3 rings (SSSR count). The van der Waals surface area contributed by atoms with Crippen molar-refractivity contribution in [2.75, 3.05) is 6.54 Å². The van der Waals surface area contributed by atoms with E-state index in [1.54, 1.807) is 24.3 Å². The minimum absolute atomic E-state index is 0.0389. The Labute approximate surface area is 145 Å². The molecular weight excluding hydrogens is 316 g/mol. The zero-order valence-corrected chi connectivity index (χ0v) is 13.8. The maximum Gasteiger partial charge on any atom is 0.269 e. The predicted molar refractivity (Wildman–Crippen MR) is 96.9 cm³/mol. The average Bonchev–Trinajstić information content (AvgIpc) is 2.65. The van der Waals surface area contributed by atoms with Gasteiger partial charge in [-0.15, -0.1) is 0 Å². The van der Waals surface area contributed by atoms with E-state index in [0.29, 0.717) is 29.6 Å². The number of hydrogen-bond donors (Lipinski definition) is 2. The summed E-state index contributed by atoms with van der Waals surface area (Å²) < 4.78 is 0. The third kappa shape index (κ3) is 3.35. The fourth-order valence-corrected chi connectivity index (χ4v) is 2.68. The second kappa shape index (κ2) is 7.13. The Bertz CT molecular complexity index is 951. The van der Waals surface area contributed by atoms with Crippen LogP contribution in [0.4, 0.5) is 0 Å². The number of carbonyl (C=O) groups is 2. The molecule has 0 fully saturated rings. The van der Waals surface area contributed by atoms with Gasteiger partial charge in [0.2, 0.25) is 0 Å². The first kappa shape index (κ1) is 16.6. The van der Waals surface area contributed by atoms with Gasteiger partial charge in [-0.1, -0.05) is 31.2 Å². The van der Waals surface area contributed by atoms with Gasteiger partial charge in [-0.3, -0.25) is 9.59 Å². The summed E-state index contributed by atoms with van der Waals surface area (Å²) in [4.78, 5) is 27.7. The fraction of sp³-hybridized carbons (Fsp3) is 0.150. The number of amides is 1. The molecule has 0 aliphatic carbocycles. The summed E-state index contributed by atoms with van der Waals surface area (Å²) in [5.74, 6) is -0.236. The molecule has 0 aliphatic rings. The lowest BCUT2D eigenvalue weighted by molar-refractivity contribution is 0.0948. The molecule has 126 valence electrons. The molecule has 1 heterocycles. The van der Waals surface area contributed by atoms with Crippen LogP contribution in [0.3, 0.4) is 0 Å². The largest absolute Gasteiger partial charge is 0.507 e. The number of phenolic OH excluding ortho intramolecular Hbond substituents is 1. The molecule has 0 unspecified atom stereocenters. The summed E-state index contributed by atoms with van der Waals surface area (Å²) in [7, 11) is 0. The molecule has 2 N–H and O–H groups in total. The Morgan fingerprint density at radius 1 is 1.20 bits per heavy atom. The number of benzene rings is 2. The maximum absolute atomic E-state index is 12.1. The molecule has 5 heteroatoms. The van der Waals surface area contributed by atoms with Crippen molar-refractivity contribution in [3.8, 4) is 17.0 Å². The van der Waals surface area contributed by atoms with Crippen molar-refractivity contribution in [3.05, 3.63) is 59.8 Å². The van der Waals surface area contributed by atoms with Crippen LogP contribution in [-0.2, 0) is 0 Å². The van der Waals surface area contributed by atoms with Gasteiger partial charge in [0.05, 0.1) is 11.3 Å². The van der Waals surface area contributed by atoms with Crippen LogP contribution in [0.1, 0.15) is 34.2 Å². The van der Waals surface area contributed by atoms with E-state index < -0.39 is 0 Å². The third-order valence-corrected chi connectivity index (χ3v) is 3.97. The number of pyridine rings is 1. The van der Waals surface area contributed by atoms with E-state index >= 15 is 0 Å². The molecule has 0 saturated heterocycles. The number of nitrogens with one attached hydrogen (secondary N) is 1. The first-order chi connectivity index (χ1) is 12.1. The zero-order chi connectivity index (χ0) is 17.8. The molecular formula is C20H18N2O3. The van der Waals surface area contributed by atoms with Crippen molar-refractivity contribution in [3.63, 3.8) is 0 Å². The molecule has 1 aromatic heterocycles. The number of phenols is 1. The van der Waals surface area contributed by atoms with Gasteiger partial charge < -0.3 is 10.4 Å². The van der Waals surface area contributed by atoms with Crippen LogP contribution in [-0.4, -0.2) is 28.8 Å². The molecule has 3 aromatic rings. The average molecular weight is 334 g/mol. The van der Waals surface area contributed by atoms with Crippen LogP contribution in [0, 0.1) is 0 Å². The Morgan fingerprint density at radius 2 is 2.04 bits per heavy atom. The van der Waals surface area contributed by atoms with Crippen LogP contribution >= 0.6 is 0 Å². The normalized spacial score (nSPS) is 10.6. The summed E-state index contributed by atoms with van der Waals surface area (Å²) in [6.45, 7) is 2.60. The van der Waals surface area contributed by atoms with Gasteiger partial charge in [-0.05, 0) is 41.5 Å². The van der Waals surface area contributed by atoms with Crippen molar-refractivity contribution >= 4 is 23.0 Å². The quantitative estimate of drug-likeness (QED) is 0.699. The highest BCUT2D eigenvalue weighted by molar-refractivity contribution is 6.02. The molecule has 0 atom stereocenters. The van der Waals surface area contributed by atoms with Gasteiger partial charge in [0.1, 0.15) is 11.4 Å². The molecule has 0 spiro atoms. The number of rotatable bonds is 5. The van der Waals surface area contributed by atoms with Crippen LogP contribution < -0.4 is 5.32 Å². The lowest BCUT2D eigenvalue weighted by atomic mass is 10.0. The number of aldehydes is 1. The van der Waals surface area contributed by atoms with Crippen molar-refractivity contribution < 1.29 is 14.7 Å². The maximum atomic E-state index is 12.1. The third-order valence-electron chi connectivity index (χ3n) is 3.97. The smallest absolute Gasteiger partial charge is 0.269 e. The van der Waals surface area contributed by atoms with Gasteiger partial charge in [0, 0.05) is 12.1 Å². The van der Waals surface area contributed by atoms with Crippen LogP contribution in [0.25, 0.3) is 22.0 Å². The second-order valence-corrected chi connectivity index (χ2v) is 5.72. The van der Waals surface area contributed by atoms with E-state index in [4.69, 9.17) is 0 Å². The van der Waals surface area contributed by atoms with E-state index in [9.17, 15) is 14.7 Å². The molecule has 0 saturated carbocycles. The van der Waals surface area contributed by atoms with Crippen molar-refractivity contribution in [1.29, 1.82) is 0 Å². The van der Waals surface area contributed by atoms with Crippen molar-refractivity contribution in [2.24, 2.45) is 0 Å². The van der Waals surface area contributed by atoms with Crippen LogP contribution in [0.2, 0.25) is 0 Å². The number of fused-ring (bicyclic) bond motifs is 1. The molecule has 2 aromatic carbocycles. The Hall–Kier alpha value is -3.21. The zero-order valence-electron chi connectivity index (χ0n) is 13.8. The SMILES string of the molecule is CCCNC(=O)c1cccc(-c2ccc3c(C=O)c(O)ccc3c2)n1. The van der Waals surface area contributed by atoms with Crippen LogP contribution in [0.15, 0.2) is 48.5 Å². The lowest BCUT2D eigenvalue weighted by Gasteiger charge is -2.08. The summed E-state index contributed by atoms with van der Waals surface area (Å²) in [5.41, 5.74) is 2.14. The van der Waals surface area contributed by atoms with E-state index in [-0.39, 0.29) is 17.2 Å². The Balaban J connectivity index is 2.01. The molecule has 0 bridgehead atoms. The van der Waals surface area contributed by atoms with Gasteiger partial charge in [0.15, 0.2) is 6.29 Å². The standard InChI is InChI=1S/C20H18N2O3/c1-2-10-21-20(25)18-5-3-4-17(22-18)14-6-8-15-13(11-14)7-9-19(24)16(15)12-23/h3-9,11-12,24H,2,10H2,1H3,(H,21,25). The molecule has 0 radical (unpaired) electrons. The number of carbonyl (C=O) groups excluding carboxylic acids is 2. The molecule has 5 nitrogen and oxygen atoms in total. The first-order valence-corrected chi connectivity index (χ1v) is 8.10. The van der Waals surface area contributed by atoms with Gasteiger partial charge >= 0.3 is 0 Å². The van der Waals surface area contributed by atoms with Crippen LogP contribution in [0.5, 0.6) is 5.75 Å². The fourth-order valence-electron chi connectivity index (χ4n) is 2.68. The summed E-state index contributed by atoms with van der Waals surface area (Å²) >= 11 is 0. The monoisotopic (exact) mass is 334 g/mol.